The summed E-state index contributed by atoms with van der Waals surface area (Å²) in [4.78, 5) is 0. The molecular weight excluding hydrogens is 198 g/mol. The number of hydrogen-bond donors (Lipinski definition) is 1. The van der Waals surface area contributed by atoms with Crippen molar-refractivity contribution < 1.29 is 0 Å². The molecule has 2 heterocycles. The lowest BCUT2D eigenvalue weighted by molar-refractivity contribution is 0.355. The molecule has 1 unspecified atom stereocenters. The minimum Gasteiger partial charge on any atom is -0.312 e. The summed E-state index contributed by atoms with van der Waals surface area (Å²) in [6, 6.07) is 9.00. The lowest BCUT2D eigenvalue weighted by atomic mass is 10.1. The van der Waals surface area contributed by atoms with Gasteiger partial charge in [0, 0.05) is 11.4 Å². The van der Waals surface area contributed by atoms with Crippen LogP contribution in [0.1, 0.15) is 19.3 Å². The Morgan fingerprint density at radius 2 is 2.25 bits per heavy atom. The first kappa shape index (κ1) is 9.85. The Bertz CT molecular complexity index is 469. The molecule has 2 aromatic rings. The van der Waals surface area contributed by atoms with Gasteiger partial charge in [0.2, 0.25) is 0 Å². The number of hydrogen-bond acceptors (Lipinski definition) is 2. The van der Waals surface area contributed by atoms with Gasteiger partial charge in [0.15, 0.2) is 0 Å². The van der Waals surface area contributed by atoms with Crippen molar-refractivity contribution in [2.24, 2.45) is 0 Å². The number of benzene rings is 1. The van der Waals surface area contributed by atoms with Crippen molar-refractivity contribution in [1.29, 1.82) is 0 Å². The van der Waals surface area contributed by atoms with E-state index >= 15 is 0 Å². The van der Waals surface area contributed by atoms with Crippen molar-refractivity contribution in [1.82, 2.24) is 15.1 Å². The van der Waals surface area contributed by atoms with Gasteiger partial charge in [-0.15, -0.1) is 0 Å². The van der Waals surface area contributed by atoms with Gasteiger partial charge in [-0.3, -0.25) is 4.68 Å². The summed E-state index contributed by atoms with van der Waals surface area (Å²) in [6.45, 7) is 2.15. The van der Waals surface area contributed by atoms with E-state index in [0.29, 0.717) is 6.04 Å². The molecule has 1 fully saturated rings. The molecule has 3 rings (SSSR count). The van der Waals surface area contributed by atoms with Crippen LogP contribution in [0.2, 0.25) is 0 Å². The maximum absolute atomic E-state index is 4.47. The highest BCUT2D eigenvalue weighted by molar-refractivity contribution is 5.78. The number of nitrogens with one attached hydrogen (secondary N) is 1. The molecule has 0 spiro atoms. The van der Waals surface area contributed by atoms with Crippen molar-refractivity contribution >= 4 is 10.9 Å². The molecule has 0 radical (unpaired) electrons. The Morgan fingerprint density at radius 3 is 3.12 bits per heavy atom. The van der Waals surface area contributed by atoms with Crippen molar-refractivity contribution in [3.05, 3.63) is 30.5 Å². The standard InChI is InChI=1S/C13H17N3/c1-2-7-13-11(5-1)9-15-16(13)10-12-6-3-4-8-14-12/h1-2,5,7,9,12,14H,3-4,6,8,10H2. The SMILES string of the molecule is c1ccc2c(c1)cnn2CC1CCCCN1. The maximum atomic E-state index is 4.47. The Morgan fingerprint density at radius 1 is 1.31 bits per heavy atom. The molecule has 0 aliphatic carbocycles. The molecule has 1 aliphatic rings. The van der Waals surface area contributed by atoms with Gasteiger partial charge in [0.05, 0.1) is 18.3 Å². The third-order valence-corrected chi connectivity index (χ3v) is 3.36. The monoisotopic (exact) mass is 215 g/mol. The Labute approximate surface area is 95.5 Å². The van der Waals surface area contributed by atoms with Gasteiger partial charge in [-0.25, -0.2) is 0 Å². The number of fused-ring (bicyclic) bond motifs is 1. The number of rotatable bonds is 2. The summed E-state index contributed by atoms with van der Waals surface area (Å²) in [5.74, 6) is 0. The predicted octanol–water partition coefficient (Wildman–Crippen LogP) is 2.18. The van der Waals surface area contributed by atoms with Gasteiger partial charge in [-0.1, -0.05) is 24.6 Å². The number of piperidine rings is 1. The van der Waals surface area contributed by atoms with Crippen molar-refractivity contribution in [3.63, 3.8) is 0 Å². The smallest absolute Gasteiger partial charge is 0.0683 e. The quantitative estimate of drug-likeness (QED) is 0.832. The van der Waals surface area contributed by atoms with Crippen LogP contribution in [0, 0.1) is 0 Å². The molecule has 3 heteroatoms. The predicted molar refractivity (Wildman–Crippen MR) is 65.4 cm³/mol. The minimum absolute atomic E-state index is 0.594. The first-order valence-corrected chi connectivity index (χ1v) is 6.07. The fraction of sp³-hybridized carbons (Fsp3) is 0.462. The van der Waals surface area contributed by atoms with E-state index in [4.69, 9.17) is 0 Å². The molecule has 16 heavy (non-hydrogen) atoms. The zero-order valence-electron chi connectivity index (χ0n) is 9.39. The van der Waals surface area contributed by atoms with Gasteiger partial charge in [-0.2, -0.15) is 5.10 Å². The zero-order chi connectivity index (χ0) is 10.8. The number of para-hydroxylation sites is 1. The lowest BCUT2D eigenvalue weighted by Gasteiger charge is -2.23. The highest BCUT2D eigenvalue weighted by Gasteiger charge is 2.14. The van der Waals surface area contributed by atoms with Gasteiger partial charge in [0.1, 0.15) is 0 Å². The molecular formula is C13H17N3. The summed E-state index contributed by atoms with van der Waals surface area (Å²) in [6.07, 6.45) is 5.89. The third kappa shape index (κ3) is 1.83. The number of nitrogens with zero attached hydrogens (tertiary/aromatic N) is 2. The van der Waals surface area contributed by atoms with Gasteiger partial charge < -0.3 is 5.32 Å². The van der Waals surface area contributed by atoms with Crippen LogP contribution in [-0.2, 0) is 6.54 Å². The zero-order valence-corrected chi connectivity index (χ0v) is 9.39. The van der Waals surface area contributed by atoms with Gasteiger partial charge >= 0.3 is 0 Å². The number of aromatic nitrogens is 2. The van der Waals surface area contributed by atoms with Crippen LogP contribution in [0.15, 0.2) is 30.5 Å². The van der Waals surface area contributed by atoms with E-state index in [1.807, 2.05) is 6.20 Å². The molecule has 84 valence electrons. The summed E-state index contributed by atoms with van der Waals surface area (Å²) in [7, 11) is 0. The highest BCUT2D eigenvalue weighted by atomic mass is 15.3. The van der Waals surface area contributed by atoms with E-state index in [1.54, 1.807) is 0 Å². The first-order valence-electron chi connectivity index (χ1n) is 6.07. The Hall–Kier alpha value is -1.35. The van der Waals surface area contributed by atoms with E-state index in [-0.39, 0.29) is 0 Å². The van der Waals surface area contributed by atoms with Gasteiger partial charge in [-0.05, 0) is 25.5 Å². The van der Waals surface area contributed by atoms with Crippen molar-refractivity contribution in [3.8, 4) is 0 Å². The molecule has 0 amide bonds. The summed E-state index contributed by atoms with van der Waals surface area (Å²) in [5, 5.41) is 9.26. The van der Waals surface area contributed by atoms with Crippen LogP contribution in [0.25, 0.3) is 10.9 Å². The van der Waals surface area contributed by atoms with E-state index in [2.05, 4.69) is 39.4 Å². The summed E-state index contributed by atoms with van der Waals surface area (Å²) < 4.78 is 2.12. The Kier molecular flexibility index (Phi) is 2.62. The molecule has 1 aromatic carbocycles. The summed E-state index contributed by atoms with van der Waals surface area (Å²) in [5.41, 5.74) is 1.25. The largest absolute Gasteiger partial charge is 0.312 e. The molecule has 1 aromatic heterocycles. The van der Waals surface area contributed by atoms with E-state index in [1.165, 1.54) is 30.2 Å². The normalized spacial score (nSPS) is 21.4. The fourth-order valence-electron chi connectivity index (χ4n) is 2.46. The minimum atomic E-state index is 0.594. The molecule has 1 saturated heterocycles. The van der Waals surface area contributed by atoms with Crippen LogP contribution in [0.5, 0.6) is 0 Å². The van der Waals surface area contributed by atoms with E-state index in [9.17, 15) is 0 Å². The second-order valence-corrected chi connectivity index (χ2v) is 4.53. The first-order chi connectivity index (χ1) is 7.93. The summed E-state index contributed by atoms with van der Waals surface area (Å²) >= 11 is 0. The lowest BCUT2D eigenvalue weighted by Crippen LogP contribution is -2.37. The van der Waals surface area contributed by atoms with Crippen molar-refractivity contribution in [2.45, 2.75) is 31.8 Å². The van der Waals surface area contributed by atoms with Crippen LogP contribution >= 0.6 is 0 Å². The molecule has 3 nitrogen and oxygen atoms in total. The molecule has 0 bridgehead atoms. The topological polar surface area (TPSA) is 29.9 Å². The molecule has 1 N–H and O–H groups in total. The van der Waals surface area contributed by atoms with Crippen LogP contribution in [0.3, 0.4) is 0 Å². The molecule has 1 atom stereocenters. The Balaban J connectivity index is 1.83. The van der Waals surface area contributed by atoms with E-state index in [0.717, 1.165) is 13.1 Å². The average Bonchev–Trinajstić information content (AvgIpc) is 2.74. The highest BCUT2D eigenvalue weighted by Crippen LogP contribution is 2.15. The van der Waals surface area contributed by atoms with Crippen LogP contribution < -0.4 is 5.32 Å². The van der Waals surface area contributed by atoms with Crippen LogP contribution in [-0.4, -0.2) is 22.4 Å². The second-order valence-electron chi connectivity index (χ2n) is 4.53. The van der Waals surface area contributed by atoms with Crippen LogP contribution in [0.4, 0.5) is 0 Å². The second kappa shape index (κ2) is 4.26. The molecule has 1 aliphatic heterocycles. The van der Waals surface area contributed by atoms with Crippen molar-refractivity contribution in [2.75, 3.05) is 6.54 Å². The van der Waals surface area contributed by atoms with E-state index < -0.39 is 0 Å². The third-order valence-electron chi connectivity index (χ3n) is 3.36. The van der Waals surface area contributed by atoms with Gasteiger partial charge in [0.25, 0.3) is 0 Å². The maximum Gasteiger partial charge on any atom is 0.0683 e. The molecule has 0 saturated carbocycles. The fourth-order valence-corrected chi connectivity index (χ4v) is 2.46. The average molecular weight is 215 g/mol.